The third-order valence-electron chi connectivity index (χ3n) is 4.64. The molecule has 3 aromatic rings. The SMILES string of the molecule is C=C/C=C(\C=C)Cn1ncc2cccc(NC)c21.CC(C)=O.COc1ccc(/C=C/C=O)cc1C. The fourth-order valence-electron chi connectivity index (χ4n) is 3.13. The van der Waals surface area contributed by atoms with Crippen molar-refractivity contribution in [3.63, 3.8) is 0 Å². The van der Waals surface area contributed by atoms with Gasteiger partial charge in [0.1, 0.15) is 17.8 Å². The summed E-state index contributed by atoms with van der Waals surface area (Å²) >= 11 is 0. The molecule has 1 N–H and O–H groups in total. The summed E-state index contributed by atoms with van der Waals surface area (Å²) in [7, 11) is 3.56. The quantitative estimate of drug-likeness (QED) is 0.240. The van der Waals surface area contributed by atoms with Gasteiger partial charge in [-0.3, -0.25) is 9.48 Å². The summed E-state index contributed by atoms with van der Waals surface area (Å²) in [4.78, 5) is 19.5. The minimum Gasteiger partial charge on any atom is -0.496 e. The molecule has 0 bridgehead atoms. The number of ketones is 1. The van der Waals surface area contributed by atoms with Crippen LogP contribution in [-0.4, -0.2) is 36.0 Å². The number of aldehydes is 1. The maximum Gasteiger partial charge on any atom is 0.142 e. The van der Waals surface area contributed by atoms with Crippen LogP contribution in [0.2, 0.25) is 0 Å². The predicted octanol–water partition coefficient (Wildman–Crippen LogP) is 6.19. The van der Waals surface area contributed by atoms with E-state index in [0.29, 0.717) is 6.54 Å². The number of anilines is 1. The molecule has 6 nitrogen and oxygen atoms in total. The molecule has 0 fully saturated rings. The number of allylic oxidation sites excluding steroid dienone is 5. The summed E-state index contributed by atoms with van der Waals surface area (Å²) in [5, 5.41) is 8.75. The molecule has 0 atom stereocenters. The van der Waals surface area contributed by atoms with Gasteiger partial charge in [-0.1, -0.05) is 55.7 Å². The van der Waals surface area contributed by atoms with E-state index >= 15 is 0 Å². The fourth-order valence-corrected chi connectivity index (χ4v) is 3.13. The summed E-state index contributed by atoms with van der Waals surface area (Å²) in [6.45, 7) is 13.2. The van der Waals surface area contributed by atoms with Gasteiger partial charge in [0.15, 0.2) is 0 Å². The number of carbonyl (C=O) groups excluding carboxylic acids is 2. The van der Waals surface area contributed by atoms with Crippen LogP contribution in [0.1, 0.15) is 25.0 Å². The van der Waals surface area contributed by atoms with Crippen LogP contribution in [0.4, 0.5) is 5.69 Å². The number of para-hydroxylation sites is 1. The third kappa shape index (κ3) is 9.68. The summed E-state index contributed by atoms with van der Waals surface area (Å²) in [6, 6.07) is 11.9. The molecule has 3 rings (SSSR count). The van der Waals surface area contributed by atoms with Crippen LogP contribution in [0.3, 0.4) is 0 Å². The number of benzene rings is 2. The van der Waals surface area contributed by atoms with E-state index in [1.807, 2.05) is 67.3 Å². The molecule has 35 heavy (non-hydrogen) atoms. The Bertz CT molecular complexity index is 1200. The average Bonchev–Trinajstić information content (AvgIpc) is 3.25. The largest absolute Gasteiger partial charge is 0.496 e. The molecule has 0 saturated heterocycles. The lowest BCUT2D eigenvalue weighted by Crippen LogP contribution is -2.03. The Morgan fingerprint density at radius 1 is 1.20 bits per heavy atom. The van der Waals surface area contributed by atoms with E-state index in [4.69, 9.17) is 4.74 Å². The Kier molecular flexibility index (Phi) is 12.9. The van der Waals surface area contributed by atoms with Crippen molar-refractivity contribution in [2.24, 2.45) is 0 Å². The number of carbonyl (C=O) groups is 2. The molecule has 2 aromatic carbocycles. The van der Waals surface area contributed by atoms with Crippen molar-refractivity contribution in [2.45, 2.75) is 27.3 Å². The number of ether oxygens (including phenoxy) is 1. The molecule has 0 aliphatic carbocycles. The minimum absolute atomic E-state index is 0.167. The number of methoxy groups -OCH3 is 1. The molecule has 1 heterocycles. The van der Waals surface area contributed by atoms with E-state index < -0.39 is 0 Å². The van der Waals surface area contributed by atoms with Crippen molar-refractivity contribution in [2.75, 3.05) is 19.5 Å². The van der Waals surface area contributed by atoms with Gasteiger partial charge in [-0.2, -0.15) is 5.10 Å². The van der Waals surface area contributed by atoms with Crippen molar-refractivity contribution in [1.82, 2.24) is 9.78 Å². The zero-order valence-electron chi connectivity index (χ0n) is 21.2. The van der Waals surface area contributed by atoms with Gasteiger partial charge in [0.25, 0.3) is 0 Å². The molecule has 0 unspecified atom stereocenters. The van der Waals surface area contributed by atoms with Crippen LogP contribution in [0.15, 0.2) is 85.6 Å². The highest BCUT2D eigenvalue weighted by Gasteiger charge is 2.07. The summed E-state index contributed by atoms with van der Waals surface area (Å²) < 4.78 is 7.08. The first-order chi connectivity index (χ1) is 16.8. The van der Waals surface area contributed by atoms with Gasteiger partial charge >= 0.3 is 0 Å². The van der Waals surface area contributed by atoms with Gasteiger partial charge in [0.2, 0.25) is 0 Å². The number of nitrogens with zero attached hydrogens (tertiary/aromatic N) is 2. The van der Waals surface area contributed by atoms with Crippen molar-refractivity contribution in [3.8, 4) is 5.75 Å². The van der Waals surface area contributed by atoms with Crippen molar-refractivity contribution >= 4 is 34.7 Å². The third-order valence-corrected chi connectivity index (χ3v) is 4.64. The predicted molar refractivity (Wildman–Crippen MR) is 147 cm³/mol. The Hall–Kier alpha value is -4.19. The molecule has 1 aromatic heterocycles. The monoisotopic (exact) mass is 473 g/mol. The van der Waals surface area contributed by atoms with Gasteiger partial charge in [0.05, 0.1) is 31.1 Å². The number of Topliss-reactive ketones (excluding diaryl/α,β-unsaturated/α-hetero) is 1. The van der Waals surface area contributed by atoms with Gasteiger partial charge in [-0.25, -0.2) is 0 Å². The number of aromatic nitrogens is 2. The van der Waals surface area contributed by atoms with Crippen LogP contribution in [0, 0.1) is 6.92 Å². The topological polar surface area (TPSA) is 73.2 Å². The summed E-state index contributed by atoms with van der Waals surface area (Å²) in [5.74, 6) is 1.03. The first kappa shape index (κ1) is 28.8. The average molecular weight is 474 g/mol. The normalized spacial score (nSPS) is 10.5. The van der Waals surface area contributed by atoms with Gasteiger partial charge in [-0.05, 0) is 61.7 Å². The first-order valence-corrected chi connectivity index (χ1v) is 11.1. The number of fused-ring (bicyclic) bond motifs is 1. The highest BCUT2D eigenvalue weighted by molar-refractivity contribution is 5.90. The van der Waals surface area contributed by atoms with Gasteiger partial charge in [-0.15, -0.1) is 0 Å². The first-order valence-electron chi connectivity index (χ1n) is 11.1. The minimum atomic E-state index is 0.167. The lowest BCUT2D eigenvalue weighted by molar-refractivity contribution is -0.115. The fraction of sp³-hybridized carbons (Fsp3) is 0.207. The maximum atomic E-state index is 10.1. The van der Waals surface area contributed by atoms with Crippen molar-refractivity contribution in [3.05, 3.63) is 96.8 Å². The number of aryl methyl sites for hydroxylation is 1. The van der Waals surface area contributed by atoms with Crippen LogP contribution in [-0.2, 0) is 16.1 Å². The molecular formula is C29H35N3O3. The van der Waals surface area contributed by atoms with Crippen LogP contribution < -0.4 is 10.1 Å². The molecular weight excluding hydrogens is 438 g/mol. The highest BCUT2D eigenvalue weighted by atomic mass is 16.5. The van der Waals surface area contributed by atoms with Crippen molar-refractivity contribution in [1.29, 1.82) is 0 Å². The standard InChI is InChI=1S/C15H17N3.C11H12O2.C3H6O/c1-4-7-12(5-2)11-18-15-13(10-17-18)8-6-9-14(15)16-3;1-9-8-10(4-3-7-12)5-6-11(9)13-2;1-3(2)4/h4-10,16H,1-2,11H2,3H3;3-8H,1-2H3;1-2H3/b12-7+;4-3+;. The second-order valence-electron chi connectivity index (χ2n) is 7.61. The maximum absolute atomic E-state index is 10.1. The van der Waals surface area contributed by atoms with E-state index in [-0.39, 0.29) is 5.78 Å². The molecule has 0 amide bonds. The number of hydrogen-bond donors (Lipinski definition) is 1. The summed E-state index contributed by atoms with van der Waals surface area (Å²) in [5.41, 5.74) is 5.34. The van der Waals surface area contributed by atoms with Gasteiger partial charge < -0.3 is 14.8 Å². The molecule has 0 aliphatic heterocycles. The molecule has 0 saturated carbocycles. The lowest BCUT2D eigenvalue weighted by Gasteiger charge is -2.08. The van der Waals surface area contributed by atoms with Crippen molar-refractivity contribution < 1.29 is 14.3 Å². The Morgan fingerprint density at radius 2 is 1.91 bits per heavy atom. The molecule has 6 heteroatoms. The number of hydrogen-bond acceptors (Lipinski definition) is 5. The Balaban J connectivity index is 0.000000316. The smallest absolute Gasteiger partial charge is 0.142 e. The van der Waals surface area contributed by atoms with Crippen LogP contribution in [0.5, 0.6) is 5.75 Å². The lowest BCUT2D eigenvalue weighted by atomic mass is 10.1. The van der Waals surface area contributed by atoms with E-state index in [0.717, 1.165) is 45.3 Å². The molecule has 0 radical (unpaired) electrons. The zero-order valence-corrected chi connectivity index (χ0v) is 21.2. The second kappa shape index (κ2) is 15.6. The molecule has 0 spiro atoms. The van der Waals surface area contributed by atoms with Crippen LogP contribution in [0.25, 0.3) is 17.0 Å². The van der Waals surface area contributed by atoms with Gasteiger partial charge in [0, 0.05) is 12.4 Å². The summed E-state index contributed by atoms with van der Waals surface area (Å²) in [6.07, 6.45) is 11.4. The van der Waals surface area contributed by atoms with E-state index in [2.05, 4.69) is 29.6 Å². The Labute approximate surface area is 208 Å². The number of nitrogens with one attached hydrogen (secondary N) is 1. The number of rotatable bonds is 8. The molecule has 0 aliphatic rings. The molecule has 184 valence electrons. The van der Waals surface area contributed by atoms with E-state index in [9.17, 15) is 9.59 Å². The van der Waals surface area contributed by atoms with Crippen LogP contribution >= 0.6 is 0 Å². The van der Waals surface area contributed by atoms with E-state index in [1.165, 1.54) is 19.9 Å². The zero-order chi connectivity index (χ0) is 26.2. The second-order valence-corrected chi connectivity index (χ2v) is 7.61. The Morgan fingerprint density at radius 3 is 2.46 bits per heavy atom. The highest BCUT2D eigenvalue weighted by Crippen LogP contribution is 2.23. The van der Waals surface area contributed by atoms with E-state index in [1.54, 1.807) is 19.3 Å².